The zero-order valence-corrected chi connectivity index (χ0v) is 11.9. The first-order valence-corrected chi connectivity index (χ1v) is 6.37. The quantitative estimate of drug-likeness (QED) is 0.515. The minimum absolute atomic E-state index is 0.0152. The number of nitrogens with one attached hydrogen (secondary N) is 2. The van der Waals surface area contributed by atoms with E-state index in [-0.39, 0.29) is 11.9 Å². The standard InChI is InChI=1S/C12H22N6O/c1-5-9-15-10(7-11(16-9)17-13)14-8(3)12(19)18(4)6-2/h7-8H,5-6,13H2,1-4H3,(H2,14,15,16,17). The zero-order valence-electron chi connectivity index (χ0n) is 11.9. The van der Waals surface area contributed by atoms with Crippen LogP contribution in [0.1, 0.15) is 26.6 Å². The number of amides is 1. The van der Waals surface area contributed by atoms with Gasteiger partial charge in [0.15, 0.2) is 0 Å². The Labute approximate surface area is 113 Å². The van der Waals surface area contributed by atoms with Crippen molar-refractivity contribution in [3.8, 4) is 0 Å². The molecule has 0 fully saturated rings. The molecule has 7 nitrogen and oxygen atoms in total. The Morgan fingerprint density at radius 1 is 1.42 bits per heavy atom. The molecule has 0 bridgehead atoms. The summed E-state index contributed by atoms with van der Waals surface area (Å²) in [5.41, 5.74) is 2.49. The van der Waals surface area contributed by atoms with E-state index in [1.165, 1.54) is 0 Å². The number of nitrogens with two attached hydrogens (primary N) is 1. The monoisotopic (exact) mass is 266 g/mol. The molecule has 1 atom stereocenters. The Bertz CT molecular complexity index is 414. The van der Waals surface area contributed by atoms with Gasteiger partial charge < -0.3 is 15.6 Å². The summed E-state index contributed by atoms with van der Waals surface area (Å²) in [6, 6.07) is 1.32. The van der Waals surface area contributed by atoms with Gasteiger partial charge in [0.05, 0.1) is 0 Å². The lowest BCUT2D eigenvalue weighted by Crippen LogP contribution is -2.39. The van der Waals surface area contributed by atoms with E-state index in [9.17, 15) is 4.79 Å². The molecule has 0 aromatic carbocycles. The number of aromatic nitrogens is 2. The maximum atomic E-state index is 12.0. The van der Waals surface area contributed by atoms with Gasteiger partial charge in [-0.1, -0.05) is 6.92 Å². The molecular formula is C12H22N6O. The molecule has 0 spiro atoms. The zero-order chi connectivity index (χ0) is 14.4. The molecule has 0 saturated carbocycles. The number of likely N-dealkylation sites (N-methyl/N-ethyl adjacent to an activating group) is 1. The smallest absolute Gasteiger partial charge is 0.244 e. The second kappa shape index (κ2) is 6.89. The van der Waals surface area contributed by atoms with Crippen molar-refractivity contribution in [2.24, 2.45) is 5.84 Å². The van der Waals surface area contributed by atoms with E-state index < -0.39 is 0 Å². The summed E-state index contributed by atoms with van der Waals surface area (Å²) >= 11 is 0. The van der Waals surface area contributed by atoms with Crippen LogP contribution in [0.2, 0.25) is 0 Å². The first-order valence-electron chi connectivity index (χ1n) is 6.37. The van der Waals surface area contributed by atoms with Crippen molar-refractivity contribution in [3.63, 3.8) is 0 Å². The van der Waals surface area contributed by atoms with Crippen molar-refractivity contribution < 1.29 is 4.79 Å². The van der Waals surface area contributed by atoms with Gasteiger partial charge in [-0.15, -0.1) is 0 Å². The van der Waals surface area contributed by atoms with Gasteiger partial charge in [-0.25, -0.2) is 15.8 Å². The summed E-state index contributed by atoms with van der Waals surface area (Å²) < 4.78 is 0. The summed E-state index contributed by atoms with van der Waals surface area (Å²) in [7, 11) is 1.77. The molecule has 1 aromatic rings. The fourth-order valence-electron chi connectivity index (χ4n) is 1.57. The van der Waals surface area contributed by atoms with Crippen molar-refractivity contribution in [2.75, 3.05) is 24.3 Å². The molecule has 0 aliphatic heterocycles. The Hall–Kier alpha value is -1.89. The van der Waals surface area contributed by atoms with Gasteiger partial charge in [-0.2, -0.15) is 0 Å². The van der Waals surface area contributed by atoms with E-state index in [0.29, 0.717) is 30.4 Å². The molecule has 0 radical (unpaired) electrons. The van der Waals surface area contributed by atoms with Gasteiger partial charge >= 0.3 is 0 Å². The lowest BCUT2D eigenvalue weighted by molar-refractivity contribution is -0.130. The molecular weight excluding hydrogens is 244 g/mol. The molecule has 19 heavy (non-hydrogen) atoms. The van der Waals surface area contributed by atoms with Crippen LogP contribution < -0.4 is 16.6 Å². The number of carbonyl (C=O) groups excluding carboxylic acids is 1. The summed E-state index contributed by atoms with van der Waals surface area (Å²) in [5.74, 6) is 7.16. The normalized spacial score (nSPS) is 11.8. The summed E-state index contributed by atoms with van der Waals surface area (Å²) in [4.78, 5) is 22.1. The third-order valence-corrected chi connectivity index (χ3v) is 2.82. The van der Waals surface area contributed by atoms with E-state index in [0.717, 1.165) is 0 Å². The average molecular weight is 266 g/mol. The number of rotatable bonds is 6. The van der Waals surface area contributed by atoms with E-state index in [4.69, 9.17) is 5.84 Å². The molecule has 0 aliphatic carbocycles. The van der Waals surface area contributed by atoms with Gasteiger partial charge in [0.1, 0.15) is 23.5 Å². The maximum absolute atomic E-state index is 12.0. The van der Waals surface area contributed by atoms with Crippen molar-refractivity contribution in [1.29, 1.82) is 0 Å². The number of hydrogen-bond acceptors (Lipinski definition) is 6. The van der Waals surface area contributed by atoms with Crippen LogP contribution in [0.25, 0.3) is 0 Å². The summed E-state index contributed by atoms with van der Waals surface area (Å²) in [6.07, 6.45) is 0.696. The first kappa shape index (κ1) is 15.2. The number of carbonyl (C=O) groups is 1. The van der Waals surface area contributed by atoms with Crippen LogP contribution in [0.3, 0.4) is 0 Å². The van der Waals surface area contributed by atoms with Gasteiger partial charge in [0.2, 0.25) is 5.91 Å². The number of nitrogens with zero attached hydrogens (tertiary/aromatic N) is 3. The molecule has 0 aliphatic rings. The average Bonchev–Trinajstić information content (AvgIpc) is 2.44. The van der Waals surface area contributed by atoms with Crippen LogP contribution >= 0.6 is 0 Å². The van der Waals surface area contributed by atoms with Crippen molar-refractivity contribution >= 4 is 17.5 Å². The molecule has 4 N–H and O–H groups in total. The van der Waals surface area contributed by atoms with Crippen molar-refractivity contribution in [2.45, 2.75) is 33.2 Å². The number of nitrogen functional groups attached to an aromatic ring is 1. The van der Waals surface area contributed by atoms with Gasteiger partial charge in [0.25, 0.3) is 0 Å². The van der Waals surface area contributed by atoms with Gasteiger partial charge in [-0.05, 0) is 13.8 Å². The van der Waals surface area contributed by atoms with E-state index in [1.54, 1.807) is 24.9 Å². The summed E-state index contributed by atoms with van der Waals surface area (Å²) in [6.45, 7) is 6.36. The first-order chi connectivity index (χ1) is 9.01. The van der Waals surface area contributed by atoms with Gasteiger partial charge in [-0.3, -0.25) is 4.79 Å². The van der Waals surface area contributed by atoms with E-state index in [1.807, 2.05) is 13.8 Å². The van der Waals surface area contributed by atoms with Crippen LogP contribution in [-0.2, 0) is 11.2 Å². The third-order valence-electron chi connectivity index (χ3n) is 2.82. The number of anilines is 2. The van der Waals surface area contributed by atoms with E-state index in [2.05, 4.69) is 20.7 Å². The van der Waals surface area contributed by atoms with Crippen molar-refractivity contribution in [3.05, 3.63) is 11.9 Å². The Kier molecular flexibility index (Phi) is 5.50. The van der Waals surface area contributed by atoms with Gasteiger partial charge in [0, 0.05) is 26.1 Å². The number of hydrogen-bond donors (Lipinski definition) is 3. The Morgan fingerprint density at radius 3 is 2.58 bits per heavy atom. The van der Waals surface area contributed by atoms with Crippen LogP contribution in [0, 0.1) is 0 Å². The second-order valence-corrected chi connectivity index (χ2v) is 4.27. The lowest BCUT2D eigenvalue weighted by Gasteiger charge is -2.21. The topological polar surface area (TPSA) is 96.2 Å². The predicted molar refractivity (Wildman–Crippen MR) is 75.6 cm³/mol. The SMILES string of the molecule is CCc1nc(NN)cc(NC(C)C(=O)N(C)CC)n1. The lowest BCUT2D eigenvalue weighted by atomic mass is 10.3. The highest BCUT2D eigenvalue weighted by Gasteiger charge is 2.17. The molecule has 1 unspecified atom stereocenters. The molecule has 7 heteroatoms. The molecule has 1 aromatic heterocycles. The minimum Gasteiger partial charge on any atom is -0.358 e. The van der Waals surface area contributed by atoms with Crippen LogP contribution in [-0.4, -0.2) is 40.4 Å². The molecule has 106 valence electrons. The minimum atomic E-state index is -0.352. The largest absolute Gasteiger partial charge is 0.358 e. The fraction of sp³-hybridized carbons (Fsp3) is 0.583. The number of hydrazine groups is 1. The highest BCUT2D eigenvalue weighted by Crippen LogP contribution is 2.12. The third kappa shape index (κ3) is 4.06. The summed E-state index contributed by atoms with van der Waals surface area (Å²) in [5, 5.41) is 3.07. The van der Waals surface area contributed by atoms with Crippen LogP contribution in [0.15, 0.2) is 6.07 Å². The molecule has 1 amide bonds. The number of aryl methyl sites for hydroxylation is 1. The van der Waals surface area contributed by atoms with Crippen molar-refractivity contribution in [1.82, 2.24) is 14.9 Å². The highest BCUT2D eigenvalue weighted by molar-refractivity contribution is 5.83. The van der Waals surface area contributed by atoms with E-state index >= 15 is 0 Å². The van der Waals surface area contributed by atoms with Crippen LogP contribution in [0.5, 0.6) is 0 Å². The molecule has 1 heterocycles. The second-order valence-electron chi connectivity index (χ2n) is 4.27. The fourth-order valence-corrected chi connectivity index (χ4v) is 1.57. The van der Waals surface area contributed by atoms with Crippen LogP contribution in [0.4, 0.5) is 11.6 Å². The predicted octanol–water partition coefficient (Wildman–Crippen LogP) is 0.603. The Balaban J connectivity index is 2.83. The molecule has 1 rings (SSSR count). The Morgan fingerprint density at radius 2 is 2.05 bits per heavy atom. The molecule has 0 saturated heterocycles. The highest BCUT2D eigenvalue weighted by atomic mass is 16.2. The maximum Gasteiger partial charge on any atom is 0.244 e.